The monoisotopic (exact) mass is 315 g/mol. The molecule has 110 valence electrons. The summed E-state index contributed by atoms with van der Waals surface area (Å²) in [5.41, 5.74) is 0.626. The molecule has 3 rings (SSSR count). The van der Waals surface area contributed by atoms with E-state index in [4.69, 9.17) is 11.6 Å². The van der Waals surface area contributed by atoms with Crippen molar-refractivity contribution in [2.45, 2.75) is 0 Å². The number of benzene rings is 3. The number of phenolic OH excluding ortho intramolecular Hbond substituents is 1. The van der Waals surface area contributed by atoms with Gasteiger partial charge in [-0.05, 0) is 59.3 Å². The highest BCUT2D eigenvalue weighted by Gasteiger charge is 2.13. The van der Waals surface area contributed by atoms with Crippen molar-refractivity contribution in [3.8, 4) is 5.75 Å². The number of carbonyl (C=O) groups excluding carboxylic acids is 1. The van der Waals surface area contributed by atoms with Gasteiger partial charge in [0.25, 0.3) is 5.91 Å². The number of nitrogens with one attached hydrogen (secondary N) is 1. The molecule has 22 heavy (non-hydrogen) atoms. The number of fused-ring (bicyclic) bond motifs is 1. The maximum atomic E-state index is 13.3. The van der Waals surface area contributed by atoms with Gasteiger partial charge in [-0.1, -0.05) is 17.7 Å². The van der Waals surface area contributed by atoms with E-state index in [1.54, 1.807) is 30.3 Å². The summed E-state index contributed by atoms with van der Waals surface area (Å²) < 4.78 is 13.3. The van der Waals surface area contributed by atoms with Crippen LogP contribution < -0.4 is 5.32 Å². The second kappa shape index (κ2) is 5.66. The Morgan fingerprint density at radius 3 is 2.45 bits per heavy atom. The van der Waals surface area contributed by atoms with Crippen molar-refractivity contribution in [2.24, 2.45) is 0 Å². The molecule has 0 heterocycles. The SMILES string of the molecule is O=C(Nc1ccc(Cl)cc1)c1cc2cc(F)ccc2cc1O. The van der Waals surface area contributed by atoms with Crippen LogP contribution in [0.4, 0.5) is 10.1 Å². The highest BCUT2D eigenvalue weighted by Crippen LogP contribution is 2.26. The maximum absolute atomic E-state index is 13.3. The van der Waals surface area contributed by atoms with Crippen molar-refractivity contribution < 1.29 is 14.3 Å². The summed E-state index contributed by atoms with van der Waals surface area (Å²) in [5.74, 6) is -1.04. The van der Waals surface area contributed by atoms with Gasteiger partial charge in [-0.3, -0.25) is 4.79 Å². The van der Waals surface area contributed by atoms with Crippen molar-refractivity contribution in [1.82, 2.24) is 0 Å². The smallest absolute Gasteiger partial charge is 0.259 e. The third kappa shape index (κ3) is 2.87. The predicted octanol–water partition coefficient (Wildman–Crippen LogP) is 4.59. The number of amides is 1. The lowest BCUT2D eigenvalue weighted by atomic mass is 10.0. The van der Waals surface area contributed by atoms with Crippen molar-refractivity contribution >= 4 is 34.0 Å². The van der Waals surface area contributed by atoms with Crippen molar-refractivity contribution in [1.29, 1.82) is 0 Å². The number of phenols is 1. The summed E-state index contributed by atoms with van der Waals surface area (Å²) >= 11 is 5.78. The van der Waals surface area contributed by atoms with E-state index in [0.29, 0.717) is 21.5 Å². The Morgan fingerprint density at radius 2 is 1.73 bits per heavy atom. The average molecular weight is 316 g/mol. The summed E-state index contributed by atoms with van der Waals surface area (Å²) in [6, 6.07) is 13.6. The zero-order chi connectivity index (χ0) is 15.7. The standard InChI is InChI=1S/C17H11ClFNO2/c18-12-2-5-14(6-3-12)20-17(22)15-8-11-7-13(19)4-1-10(11)9-16(15)21/h1-9,21H,(H,20,22). The van der Waals surface area contributed by atoms with Crippen LogP contribution in [0.5, 0.6) is 5.75 Å². The number of carbonyl (C=O) groups is 1. The molecular formula is C17H11ClFNO2. The number of rotatable bonds is 2. The molecule has 0 saturated heterocycles. The minimum atomic E-state index is -0.481. The highest BCUT2D eigenvalue weighted by molar-refractivity contribution is 6.30. The van der Waals surface area contributed by atoms with E-state index in [9.17, 15) is 14.3 Å². The van der Waals surface area contributed by atoms with E-state index in [1.165, 1.54) is 24.3 Å². The molecule has 0 aromatic heterocycles. The third-order valence-electron chi connectivity index (χ3n) is 3.26. The number of anilines is 1. The zero-order valence-corrected chi connectivity index (χ0v) is 12.1. The molecule has 0 saturated carbocycles. The van der Waals surface area contributed by atoms with E-state index >= 15 is 0 Å². The summed E-state index contributed by atoms with van der Waals surface area (Å²) in [4.78, 5) is 12.3. The van der Waals surface area contributed by atoms with Crippen molar-refractivity contribution in [3.05, 3.63) is 71.0 Å². The van der Waals surface area contributed by atoms with Crippen molar-refractivity contribution in [3.63, 3.8) is 0 Å². The van der Waals surface area contributed by atoms with Crippen LogP contribution in [0.1, 0.15) is 10.4 Å². The summed E-state index contributed by atoms with van der Waals surface area (Å²) in [7, 11) is 0. The van der Waals surface area contributed by atoms with Gasteiger partial charge >= 0.3 is 0 Å². The lowest BCUT2D eigenvalue weighted by molar-refractivity contribution is 0.102. The maximum Gasteiger partial charge on any atom is 0.259 e. The quantitative estimate of drug-likeness (QED) is 0.726. The lowest BCUT2D eigenvalue weighted by Crippen LogP contribution is -2.12. The molecule has 0 aliphatic rings. The van der Waals surface area contributed by atoms with Gasteiger partial charge in [0.15, 0.2) is 0 Å². The van der Waals surface area contributed by atoms with E-state index in [0.717, 1.165) is 0 Å². The Labute approximate surface area is 131 Å². The van der Waals surface area contributed by atoms with Gasteiger partial charge in [0.05, 0.1) is 5.56 Å². The van der Waals surface area contributed by atoms with E-state index in [1.807, 2.05) is 0 Å². The van der Waals surface area contributed by atoms with Crippen LogP contribution in [-0.2, 0) is 0 Å². The summed E-state index contributed by atoms with van der Waals surface area (Å²) in [6.45, 7) is 0. The topological polar surface area (TPSA) is 49.3 Å². The number of halogens is 2. The molecule has 0 atom stereocenters. The largest absolute Gasteiger partial charge is 0.507 e. The molecule has 0 spiro atoms. The normalized spacial score (nSPS) is 10.6. The van der Waals surface area contributed by atoms with Crippen LogP contribution in [0.25, 0.3) is 10.8 Å². The summed E-state index contributed by atoms with van der Waals surface area (Å²) in [5, 5.41) is 14.4. The molecule has 3 nitrogen and oxygen atoms in total. The Balaban J connectivity index is 1.96. The van der Waals surface area contributed by atoms with Gasteiger partial charge in [-0.25, -0.2) is 4.39 Å². The molecular weight excluding hydrogens is 305 g/mol. The Hall–Kier alpha value is -2.59. The first-order chi connectivity index (χ1) is 10.5. The molecule has 2 N–H and O–H groups in total. The van der Waals surface area contributed by atoms with Crippen LogP contribution in [-0.4, -0.2) is 11.0 Å². The Bertz CT molecular complexity index is 862. The van der Waals surface area contributed by atoms with E-state index in [2.05, 4.69) is 5.32 Å². The molecule has 0 aliphatic heterocycles. The molecule has 1 amide bonds. The van der Waals surface area contributed by atoms with Gasteiger partial charge < -0.3 is 10.4 Å². The first-order valence-corrected chi connectivity index (χ1v) is 6.90. The fraction of sp³-hybridized carbons (Fsp3) is 0. The van der Waals surface area contributed by atoms with Crippen molar-refractivity contribution in [2.75, 3.05) is 5.32 Å². The first-order valence-electron chi connectivity index (χ1n) is 6.52. The first kappa shape index (κ1) is 14.4. The van der Waals surface area contributed by atoms with Crippen LogP contribution in [0, 0.1) is 5.82 Å². The van der Waals surface area contributed by atoms with Crippen LogP contribution in [0.2, 0.25) is 5.02 Å². The number of hydrogen-bond donors (Lipinski definition) is 2. The molecule has 3 aromatic carbocycles. The minimum Gasteiger partial charge on any atom is -0.507 e. The Kier molecular flexibility index (Phi) is 3.69. The minimum absolute atomic E-state index is 0.0769. The molecule has 0 bridgehead atoms. The van der Waals surface area contributed by atoms with Gasteiger partial charge in [0.1, 0.15) is 11.6 Å². The Morgan fingerprint density at radius 1 is 1.00 bits per heavy atom. The fourth-order valence-electron chi connectivity index (χ4n) is 2.17. The second-order valence-electron chi connectivity index (χ2n) is 4.82. The van der Waals surface area contributed by atoms with Crippen LogP contribution >= 0.6 is 11.6 Å². The molecule has 0 radical (unpaired) electrons. The number of aromatic hydroxyl groups is 1. The second-order valence-corrected chi connectivity index (χ2v) is 5.26. The van der Waals surface area contributed by atoms with E-state index < -0.39 is 11.7 Å². The molecule has 0 aliphatic carbocycles. The molecule has 3 aromatic rings. The number of hydrogen-bond acceptors (Lipinski definition) is 2. The molecule has 5 heteroatoms. The zero-order valence-electron chi connectivity index (χ0n) is 11.3. The molecule has 0 fully saturated rings. The average Bonchev–Trinajstić information content (AvgIpc) is 2.49. The third-order valence-corrected chi connectivity index (χ3v) is 3.52. The lowest BCUT2D eigenvalue weighted by Gasteiger charge is -2.09. The summed E-state index contributed by atoms with van der Waals surface area (Å²) in [6.07, 6.45) is 0. The van der Waals surface area contributed by atoms with Crippen LogP contribution in [0.15, 0.2) is 54.6 Å². The van der Waals surface area contributed by atoms with Gasteiger partial charge in [-0.2, -0.15) is 0 Å². The van der Waals surface area contributed by atoms with E-state index in [-0.39, 0.29) is 11.3 Å². The predicted molar refractivity (Wildman–Crippen MR) is 85.0 cm³/mol. The van der Waals surface area contributed by atoms with Crippen LogP contribution in [0.3, 0.4) is 0 Å². The fourth-order valence-corrected chi connectivity index (χ4v) is 2.30. The van der Waals surface area contributed by atoms with Gasteiger partial charge in [-0.15, -0.1) is 0 Å². The van der Waals surface area contributed by atoms with Gasteiger partial charge in [0.2, 0.25) is 0 Å². The van der Waals surface area contributed by atoms with Gasteiger partial charge in [0, 0.05) is 10.7 Å². The molecule has 0 unspecified atom stereocenters. The highest BCUT2D eigenvalue weighted by atomic mass is 35.5.